The summed E-state index contributed by atoms with van der Waals surface area (Å²) in [7, 11) is 1.67. The SMILES string of the molecule is CCNC(=NCc1ccc(-n2ccnc2C)nc1)NCCCOCCOC.I. The molecular weight excluding hydrogens is 471 g/mol. The Bertz CT molecular complexity index is 690. The van der Waals surface area contributed by atoms with E-state index in [0.717, 1.165) is 42.7 Å². The minimum Gasteiger partial charge on any atom is -0.382 e. The monoisotopic (exact) mass is 502 g/mol. The summed E-state index contributed by atoms with van der Waals surface area (Å²) in [5.41, 5.74) is 1.05. The van der Waals surface area contributed by atoms with Crippen molar-refractivity contribution in [1.29, 1.82) is 0 Å². The van der Waals surface area contributed by atoms with Crippen LogP contribution in [0.2, 0.25) is 0 Å². The number of nitrogens with one attached hydrogen (secondary N) is 2. The molecule has 0 saturated carbocycles. The summed E-state index contributed by atoms with van der Waals surface area (Å²) in [4.78, 5) is 13.3. The number of methoxy groups -OCH3 is 1. The highest BCUT2D eigenvalue weighted by molar-refractivity contribution is 14.0. The highest BCUT2D eigenvalue weighted by atomic mass is 127. The molecule has 0 aliphatic carbocycles. The molecule has 156 valence electrons. The molecule has 0 atom stereocenters. The summed E-state index contributed by atoms with van der Waals surface area (Å²) in [6.45, 7) is 8.15. The lowest BCUT2D eigenvalue weighted by atomic mass is 10.3. The van der Waals surface area contributed by atoms with E-state index in [1.54, 1.807) is 13.3 Å². The number of aromatic nitrogens is 3. The van der Waals surface area contributed by atoms with Crippen molar-refractivity contribution < 1.29 is 9.47 Å². The molecular formula is C19H31IN6O2. The topological polar surface area (TPSA) is 85.6 Å². The van der Waals surface area contributed by atoms with Crippen molar-refractivity contribution in [3.05, 3.63) is 42.1 Å². The van der Waals surface area contributed by atoms with Crippen LogP contribution in [0.5, 0.6) is 0 Å². The molecule has 2 N–H and O–H groups in total. The van der Waals surface area contributed by atoms with Crippen molar-refractivity contribution in [2.24, 2.45) is 4.99 Å². The number of guanidine groups is 1. The number of hydrogen-bond donors (Lipinski definition) is 2. The third-order valence-corrected chi connectivity index (χ3v) is 3.84. The molecule has 0 unspecified atom stereocenters. The van der Waals surface area contributed by atoms with E-state index in [4.69, 9.17) is 9.47 Å². The lowest BCUT2D eigenvalue weighted by Gasteiger charge is -2.11. The third kappa shape index (κ3) is 8.53. The molecule has 0 aliphatic rings. The molecule has 9 heteroatoms. The van der Waals surface area contributed by atoms with E-state index in [2.05, 4.69) is 32.5 Å². The van der Waals surface area contributed by atoms with Crippen molar-refractivity contribution in [3.63, 3.8) is 0 Å². The van der Waals surface area contributed by atoms with E-state index < -0.39 is 0 Å². The molecule has 0 aliphatic heterocycles. The molecule has 2 heterocycles. The number of halogens is 1. The molecule has 2 aromatic heterocycles. The predicted molar refractivity (Wildman–Crippen MR) is 122 cm³/mol. The second-order valence-electron chi connectivity index (χ2n) is 5.95. The molecule has 2 aromatic rings. The van der Waals surface area contributed by atoms with Crippen LogP contribution in [0.4, 0.5) is 0 Å². The van der Waals surface area contributed by atoms with Gasteiger partial charge in [-0.2, -0.15) is 0 Å². The molecule has 0 amide bonds. The molecule has 0 fully saturated rings. The van der Waals surface area contributed by atoms with Crippen molar-refractivity contribution in [3.8, 4) is 5.82 Å². The van der Waals surface area contributed by atoms with Crippen LogP contribution in [-0.2, 0) is 16.0 Å². The van der Waals surface area contributed by atoms with Crippen LogP contribution in [0.3, 0.4) is 0 Å². The van der Waals surface area contributed by atoms with Gasteiger partial charge in [0.05, 0.1) is 19.8 Å². The Morgan fingerprint density at radius 2 is 2.04 bits per heavy atom. The van der Waals surface area contributed by atoms with E-state index >= 15 is 0 Å². The van der Waals surface area contributed by atoms with Gasteiger partial charge in [0.1, 0.15) is 11.6 Å². The van der Waals surface area contributed by atoms with Gasteiger partial charge in [-0.15, -0.1) is 24.0 Å². The zero-order valence-electron chi connectivity index (χ0n) is 16.9. The van der Waals surface area contributed by atoms with Gasteiger partial charge in [0.2, 0.25) is 0 Å². The lowest BCUT2D eigenvalue weighted by molar-refractivity contribution is 0.0698. The number of hydrogen-bond acceptors (Lipinski definition) is 5. The van der Waals surface area contributed by atoms with Crippen molar-refractivity contribution >= 4 is 29.9 Å². The number of pyridine rings is 1. The second kappa shape index (κ2) is 14.3. The Kier molecular flexibility index (Phi) is 12.4. The number of aryl methyl sites for hydroxylation is 1. The Hall–Kier alpha value is -1.72. The van der Waals surface area contributed by atoms with E-state index in [1.807, 2.05) is 36.0 Å². The number of ether oxygens (including phenoxy) is 2. The minimum atomic E-state index is 0. The van der Waals surface area contributed by atoms with Gasteiger partial charge in [0, 0.05) is 45.4 Å². The van der Waals surface area contributed by atoms with Gasteiger partial charge in [-0.25, -0.2) is 15.0 Å². The van der Waals surface area contributed by atoms with Crippen LogP contribution in [0, 0.1) is 6.92 Å². The summed E-state index contributed by atoms with van der Waals surface area (Å²) in [5.74, 6) is 2.57. The van der Waals surface area contributed by atoms with Crippen LogP contribution >= 0.6 is 24.0 Å². The zero-order valence-corrected chi connectivity index (χ0v) is 19.2. The first-order valence-corrected chi connectivity index (χ1v) is 9.28. The van der Waals surface area contributed by atoms with Gasteiger partial charge in [-0.1, -0.05) is 6.07 Å². The van der Waals surface area contributed by atoms with E-state index in [9.17, 15) is 0 Å². The molecule has 8 nitrogen and oxygen atoms in total. The summed E-state index contributed by atoms with van der Waals surface area (Å²) in [6.07, 6.45) is 6.44. The standard InChI is InChI=1S/C19H30N6O2.HI/c1-4-20-19(22-8-5-11-27-13-12-26-3)24-15-17-6-7-18(23-14-17)25-10-9-21-16(25)2;/h6-7,9-10,14H,4-5,8,11-13,15H2,1-3H3,(H2,20,22,24);1H. The maximum absolute atomic E-state index is 5.46. The average Bonchev–Trinajstić information content (AvgIpc) is 3.11. The Morgan fingerprint density at radius 3 is 2.68 bits per heavy atom. The maximum atomic E-state index is 5.46. The zero-order chi connectivity index (χ0) is 19.3. The highest BCUT2D eigenvalue weighted by Crippen LogP contribution is 2.09. The first-order chi connectivity index (χ1) is 13.2. The molecule has 28 heavy (non-hydrogen) atoms. The van der Waals surface area contributed by atoms with Crippen LogP contribution in [0.25, 0.3) is 5.82 Å². The molecule has 0 radical (unpaired) electrons. The quantitative estimate of drug-likeness (QED) is 0.212. The van der Waals surface area contributed by atoms with Crippen LogP contribution < -0.4 is 10.6 Å². The Balaban J connectivity index is 0.00000392. The number of aliphatic imine (C=N–C) groups is 1. The van der Waals surface area contributed by atoms with Crippen molar-refractivity contribution in [1.82, 2.24) is 25.2 Å². The number of rotatable bonds is 11. The van der Waals surface area contributed by atoms with Gasteiger partial charge < -0.3 is 20.1 Å². The Labute approximate surface area is 184 Å². The summed E-state index contributed by atoms with van der Waals surface area (Å²) >= 11 is 0. The van der Waals surface area contributed by atoms with Crippen LogP contribution in [-0.4, -0.2) is 60.5 Å². The van der Waals surface area contributed by atoms with Crippen LogP contribution in [0.1, 0.15) is 24.7 Å². The predicted octanol–water partition coefficient (Wildman–Crippen LogP) is 2.30. The molecule has 0 spiro atoms. The Morgan fingerprint density at radius 1 is 1.18 bits per heavy atom. The van der Waals surface area contributed by atoms with Gasteiger partial charge in [0.25, 0.3) is 0 Å². The smallest absolute Gasteiger partial charge is 0.191 e. The molecule has 0 saturated heterocycles. The molecule has 0 bridgehead atoms. The molecule has 0 aromatic carbocycles. The first kappa shape index (κ1) is 24.3. The van der Waals surface area contributed by atoms with Gasteiger partial charge in [-0.05, 0) is 31.9 Å². The largest absolute Gasteiger partial charge is 0.382 e. The van der Waals surface area contributed by atoms with Crippen LogP contribution in [0.15, 0.2) is 35.7 Å². The normalized spacial score (nSPS) is 11.2. The van der Waals surface area contributed by atoms with E-state index in [-0.39, 0.29) is 24.0 Å². The van der Waals surface area contributed by atoms with E-state index in [1.165, 1.54) is 0 Å². The minimum absolute atomic E-state index is 0. The number of nitrogens with zero attached hydrogens (tertiary/aromatic N) is 4. The fraction of sp³-hybridized carbons (Fsp3) is 0.526. The van der Waals surface area contributed by atoms with Gasteiger partial charge in [-0.3, -0.25) is 4.57 Å². The average molecular weight is 502 g/mol. The fourth-order valence-electron chi connectivity index (χ4n) is 2.41. The van der Waals surface area contributed by atoms with Crippen molar-refractivity contribution in [2.45, 2.75) is 26.8 Å². The first-order valence-electron chi connectivity index (χ1n) is 9.28. The summed E-state index contributed by atoms with van der Waals surface area (Å²) < 4.78 is 12.4. The number of imidazole rings is 1. The third-order valence-electron chi connectivity index (χ3n) is 3.84. The van der Waals surface area contributed by atoms with Gasteiger partial charge in [0.15, 0.2) is 5.96 Å². The summed E-state index contributed by atoms with van der Waals surface area (Å²) in [6, 6.07) is 4.02. The maximum Gasteiger partial charge on any atom is 0.191 e. The highest BCUT2D eigenvalue weighted by Gasteiger charge is 2.02. The van der Waals surface area contributed by atoms with Crippen molar-refractivity contribution in [2.75, 3.05) is 40.0 Å². The fourth-order valence-corrected chi connectivity index (χ4v) is 2.41. The second-order valence-corrected chi connectivity index (χ2v) is 5.95. The van der Waals surface area contributed by atoms with E-state index in [0.29, 0.717) is 26.4 Å². The van der Waals surface area contributed by atoms with Gasteiger partial charge >= 0.3 is 0 Å². The summed E-state index contributed by atoms with van der Waals surface area (Å²) in [5, 5.41) is 6.57. The lowest BCUT2D eigenvalue weighted by Crippen LogP contribution is -2.38. The molecule has 2 rings (SSSR count).